The van der Waals surface area contributed by atoms with Crippen molar-refractivity contribution in [2.45, 2.75) is 37.7 Å². The van der Waals surface area contributed by atoms with Crippen molar-refractivity contribution in [2.24, 2.45) is 11.0 Å². The highest BCUT2D eigenvalue weighted by Gasteiger charge is 2.53. The van der Waals surface area contributed by atoms with Crippen LogP contribution in [-0.4, -0.2) is 18.8 Å². The van der Waals surface area contributed by atoms with Crippen LogP contribution in [0.2, 0.25) is 0 Å². The molecule has 1 saturated heterocycles. The lowest BCUT2D eigenvalue weighted by Gasteiger charge is -2.13. The van der Waals surface area contributed by atoms with Crippen molar-refractivity contribution in [1.29, 1.82) is 0 Å². The number of hydrogen-bond acceptors (Lipinski definition) is 2. The normalized spacial score (nSPS) is 36.2. The van der Waals surface area contributed by atoms with Crippen LogP contribution in [0.25, 0.3) is 10.4 Å². The van der Waals surface area contributed by atoms with Gasteiger partial charge in [-0.15, -0.1) is 0 Å². The van der Waals surface area contributed by atoms with Crippen molar-refractivity contribution in [1.82, 2.24) is 0 Å². The molecule has 0 amide bonds. The van der Waals surface area contributed by atoms with Crippen LogP contribution >= 0.6 is 0 Å². The minimum absolute atomic E-state index is 0.274. The van der Waals surface area contributed by atoms with Crippen LogP contribution in [0.3, 0.4) is 0 Å². The van der Waals surface area contributed by atoms with Gasteiger partial charge in [-0.3, -0.25) is 0 Å². The predicted molar refractivity (Wildman–Crippen MR) is 49.3 cm³/mol. The fourth-order valence-electron chi connectivity index (χ4n) is 2.45. The maximum absolute atomic E-state index is 8.11. The smallest absolute Gasteiger partial charge is 0.0944 e. The van der Waals surface area contributed by atoms with E-state index in [1.54, 1.807) is 0 Å². The minimum Gasteiger partial charge on any atom is -0.369 e. The lowest BCUT2D eigenvalue weighted by atomic mass is 9.92. The molecule has 2 fully saturated rings. The van der Waals surface area contributed by atoms with Crippen LogP contribution in [0.5, 0.6) is 0 Å². The summed E-state index contributed by atoms with van der Waals surface area (Å²) in [6.45, 7) is 1.61. The number of hydrogen-bond donors (Lipinski definition) is 0. The predicted octanol–water partition coefficient (Wildman–Crippen LogP) is 2.65. The second-order valence-electron chi connectivity index (χ2n) is 4.04. The molecule has 4 nitrogen and oxygen atoms in total. The molecular weight excluding hydrogens is 166 g/mol. The molecule has 2 rings (SSSR count). The first-order valence-electron chi connectivity index (χ1n) is 5.02. The van der Waals surface area contributed by atoms with Crippen LogP contribution in [0, 0.1) is 5.92 Å². The molecule has 1 saturated carbocycles. The zero-order valence-electron chi connectivity index (χ0n) is 7.78. The summed E-state index contributed by atoms with van der Waals surface area (Å²) < 4.78 is 5.52. The number of nitrogens with zero attached hydrogens (tertiary/aromatic N) is 3. The lowest BCUT2D eigenvalue weighted by Crippen LogP contribution is -2.17. The molecule has 0 bridgehead atoms. The minimum atomic E-state index is 0.274. The van der Waals surface area contributed by atoms with Gasteiger partial charge in [0.25, 0.3) is 0 Å². The van der Waals surface area contributed by atoms with Gasteiger partial charge in [0.15, 0.2) is 0 Å². The Morgan fingerprint density at radius 2 is 2.46 bits per heavy atom. The van der Waals surface area contributed by atoms with E-state index in [0.29, 0.717) is 6.54 Å². The third-order valence-electron chi connectivity index (χ3n) is 3.29. The van der Waals surface area contributed by atoms with E-state index in [1.165, 1.54) is 25.7 Å². The molecule has 0 unspecified atom stereocenters. The second kappa shape index (κ2) is 3.56. The summed E-state index contributed by atoms with van der Waals surface area (Å²) in [5.74, 6) is 0.737. The molecule has 1 heterocycles. The third kappa shape index (κ3) is 1.79. The summed E-state index contributed by atoms with van der Waals surface area (Å²) in [6.07, 6.45) is 6.04. The van der Waals surface area contributed by atoms with E-state index >= 15 is 0 Å². The van der Waals surface area contributed by atoms with Gasteiger partial charge < -0.3 is 4.74 Å². The quantitative estimate of drug-likeness (QED) is 0.216. The molecule has 1 spiro atoms. The van der Waals surface area contributed by atoms with Gasteiger partial charge >= 0.3 is 0 Å². The summed E-state index contributed by atoms with van der Waals surface area (Å²) in [4.78, 5) is 2.75. The molecule has 2 atom stereocenters. The molecule has 72 valence electrons. The van der Waals surface area contributed by atoms with Gasteiger partial charge in [-0.25, -0.2) is 0 Å². The SMILES string of the molecule is [N-]=[N+]=NCCC[C@@H]1CCC[C@@]12CO2. The fraction of sp³-hybridized carbons (Fsp3) is 1.00. The topological polar surface area (TPSA) is 61.3 Å². The first-order chi connectivity index (χ1) is 6.37. The van der Waals surface area contributed by atoms with Crippen molar-refractivity contribution in [3.05, 3.63) is 10.4 Å². The number of rotatable bonds is 4. The monoisotopic (exact) mass is 181 g/mol. The summed E-state index contributed by atoms with van der Waals surface area (Å²) in [6, 6.07) is 0. The highest BCUT2D eigenvalue weighted by atomic mass is 16.6. The van der Waals surface area contributed by atoms with E-state index in [0.717, 1.165) is 18.9 Å². The average molecular weight is 181 g/mol. The molecule has 0 N–H and O–H groups in total. The van der Waals surface area contributed by atoms with Crippen LogP contribution < -0.4 is 0 Å². The summed E-state index contributed by atoms with van der Waals surface area (Å²) in [5.41, 5.74) is 8.38. The van der Waals surface area contributed by atoms with Gasteiger partial charge in [0.05, 0.1) is 12.2 Å². The first-order valence-corrected chi connectivity index (χ1v) is 5.02. The standard InChI is InChI=1S/C9H15N3O/c10-12-11-6-2-4-8-3-1-5-9(8)7-13-9/h8H,1-7H2/t8-,9+/m0/s1. The molecule has 0 aromatic rings. The Morgan fingerprint density at radius 1 is 1.62 bits per heavy atom. The second-order valence-corrected chi connectivity index (χ2v) is 4.04. The molecular formula is C9H15N3O. The van der Waals surface area contributed by atoms with E-state index in [9.17, 15) is 0 Å². The molecule has 4 heteroatoms. The molecule has 1 aliphatic heterocycles. The first kappa shape index (κ1) is 8.85. The maximum atomic E-state index is 8.11. The zero-order chi connectivity index (χ0) is 9.15. The molecule has 2 aliphatic rings. The van der Waals surface area contributed by atoms with Crippen molar-refractivity contribution in [3.63, 3.8) is 0 Å². The Bertz CT molecular complexity index is 231. The van der Waals surface area contributed by atoms with Crippen LogP contribution in [0.4, 0.5) is 0 Å². The van der Waals surface area contributed by atoms with Gasteiger partial charge in [-0.1, -0.05) is 11.5 Å². The number of azide groups is 1. The Kier molecular flexibility index (Phi) is 2.42. The largest absolute Gasteiger partial charge is 0.369 e. The van der Waals surface area contributed by atoms with Gasteiger partial charge in [0.2, 0.25) is 0 Å². The number of ether oxygens (including phenoxy) is 1. The van der Waals surface area contributed by atoms with Crippen LogP contribution in [-0.2, 0) is 4.74 Å². The Hall–Kier alpha value is -0.730. The van der Waals surface area contributed by atoms with Crippen LogP contribution in [0.1, 0.15) is 32.1 Å². The van der Waals surface area contributed by atoms with Crippen molar-refractivity contribution in [2.75, 3.05) is 13.2 Å². The van der Waals surface area contributed by atoms with Crippen molar-refractivity contribution >= 4 is 0 Å². The van der Waals surface area contributed by atoms with Gasteiger partial charge in [-0.2, -0.15) is 0 Å². The summed E-state index contributed by atoms with van der Waals surface area (Å²) in [7, 11) is 0. The summed E-state index contributed by atoms with van der Waals surface area (Å²) >= 11 is 0. The van der Waals surface area contributed by atoms with E-state index in [-0.39, 0.29) is 5.60 Å². The molecule has 0 aromatic heterocycles. The van der Waals surface area contributed by atoms with Gasteiger partial charge in [0, 0.05) is 11.5 Å². The summed E-state index contributed by atoms with van der Waals surface area (Å²) in [5, 5.41) is 3.54. The maximum Gasteiger partial charge on any atom is 0.0944 e. The Morgan fingerprint density at radius 3 is 3.15 bits per heavy atom. The van der Waals surface area contributed by atoms with Gasteiger partial charge in [-0.05, 0) is 37.1 Å². The highest BCUT2D eigenvalue weighted by molar-refractivity contribution is 5.02. The van der Waals surface area contributed by atoms with E-state index < -0.39 is 0 Å². The zero-order valence-corrected chi connectivity index (χ0v) is 7.78. The molecule has 0 radical (unpaired) electrons. The van der Waals surface area contributed by atoms with Gasteiger partial charge in [0.1, 0.15) is 0 Å². The number of epoxide rings is 1. The Balaban J connectivity index is 1.72. The highest BCUT2D eigenvalue weighted by Crippen LogP contribution is 2.49. The third-order valence-corrected chi connectivity index (χ3v) is 3.29. The molecule has 1 aliphatic carbocycles. The molecule has 0 aromatic carbocycles. The Labute approximate surface area is 77.9 Å². The fourth-order valence-corrected chi connectivity index (χ4v) is 2.45. The van der Waals surface area contributed by atoms with E-state index in [2.05, 4.69) is 10.0 Å². The van der Waals surface area contributed by atoms with E-state index in [4.69, 9.17) is 10.3 Å². The lowest BCUT2D eigenvalue weighted by molar-refractivity contribution is 0.235. The molecule has 13 heavy (non-hydrogen) atoms. The van der Waals surface area contributed by atoms with Crippen LogP contribution in [0.15, 0.2) is 5.11 Å². The van der Waals surface area contributed by atoms with Crippen molar-refractivity contribution in [3.8, 4) is 0 Å². The van der Waals surface area contributed by atoms with E-state index in [1.807, 2.05) is 0 Å². The van der Waals surface area contributed by atoms with Crippen molar-refractivity contribution < 1.29 is 4.74 Å². The average Bonchev–Trinajstić information content (AvgIpc) is 2.78.